The summed E-state index contributed by atoms with van der Waals surface area (Å²) < 4.78 is 5.40. The number of nitrogens with zero attached hydrogens (tertiary/aromatic N) is 1. The van der Waals surface area contributed by atoms with Gasteiger partial charge in [-0.3, -0.25) is 0 Å². The predicted molar refractivity (Wildman–Crippen MR) is 69.0 cm³/mol. The second-order valence-corrected chi connectivity index (χ2v) is 6.18. The van der Waals surface area contributed by atoms with Crippen molar-refractivity contribution in [2.45, 2.75) is 58.7 Å². The Kier molecular flexibility index (Phi) is 4.42. The van der Waals surface area contributed by atoms with Gasteiger partial charge in [-0.1, -0.05) is 6.92 Å². The summed E-state index contributed by atoms with van der Waals surface area (Å²) in [7, 11) is 1.84. The lowest BCUT2D eigenvalue weighted by molar-refractivity contribution is 0.0121. The molecular formula is C13H26N2O2. The Morgan fingerprint density at radius 3 is 2.47 bits per heavy atom. The number of rotatable bonds is 1. The van der Waals surface area contributed by atoms with E-state index in [2.05, 4.69) is 19.2 Å². The molecule has 1 amide bonds. The third kappa shape index (κ3) is 4.19. The van der Waals surface area contributed by atoms with E-state index in [1.54, 1.807) is 4.90 Å². The van der Waals surface area contributed by atoms with Gasteiger partial charge in [0.2, 0.25) is 0 Å². The van der Waals surface area contributed by atoms with Crippen LogP contribution in [0.25, 0.3) is 0 Å². The van der Waals surface area contributed by atoms with Crippen molar-refractivity contribution in [3.05, 3.63) is 0 Å². The minimum atomic E-state index is -0.423. The third-order valence-electron chi connectivity index (χ3n) is 3.22. The van der Waals surface area contributed by atoms with Crippen LogP contribution in [-0.2, 0) is 4.74 Å². The molecule has 0 radical (unpaired) electrons. The van der Waals surface area contributed by atoms with Crippen molar-refractivity contribution in [2.24, 2.45) is 5.92 Å². The topological polar surface area (TPSA) is 41.6 Å². The summed E-state index contributed by atoms with van der Waals surface area (Å²) >= 11 is 0. The van der Waals surface area contributed by atoms with E-state index in [-0.39, 0.29) is 12.1 Å². The Morgan fingerprint density at radius 1 is 1.35 bits per heavy atom. The molecule has 0 spiro atoms. The van der Waals surface area contributed by atoms with Crippen molar-refractivity contribution in [1.29, 1.82) is 0 Å². The van der Waals surface area contributed by atoms with Gasteiger partial charge in [-0.15, -0.1) is 0 Å². The molecule has 17 heavy (non-hydrogen) atoms. The largest absolute Gasteiger partial charge is 0.444 e. The van der Waals surface area contributed by atoms with Crippen LogP contribution in [0.15, 0.2) is 0 Å². The monoisotopic (exact) mass is 242 g/mol. The highest BCUT2D eigenvalue weighted by molar-refractivity contribution is 5.68. The summed E-state index contributed by atoms with van der Waals surface area (Å²) in [6.07, 6.45) is 0.764. The van der Waals surface area contributed by atoms with Crippen LogP contribution < -0.4 is 5.32 Å². The van der Waals surface area contributed by atoms with Crippen molar-refractivity contribution in [3.8, 4) is 0 Å². The minimum absolute atomic E-state index is 0.219. The van der Waals surface area contributed by atoms with Gasteiger partial charge in [0, 0.05) is 19.1 Å². The molecule has 1 saturated heterocycles. The van der Waals surface area contributed by atoms with Crippen LogP contribution in [0.3, 0.4) is 0 Å². The van der Waals surface area contributed by atoms with Crippen LogP contribution in [0, 0.1) is 5.92 Å². The zero-order chi connectivity index (χ0) is 13.2. The van der Waals surface area contributed by atoms with Crippen molar-refractivity contribution in [2.75, 3.05) is 13.6 Å². The molecular weight excluding hydrogens is 216 g/mol. The van der Waals surface area contributed by atoms with Crippen LogP contribution in [0.4, 0.5) is 4.79 Å². The molecule has 4 heteroatoms. The van der Waals surface area contributed by atoms with Crippen molar-refractivity contribution in [1.82, 2.24) is 10.2 Å². The normalized spacial score (nSPS) is 29.9. The molecule has 0 aliphatic carbocycles. The van der Waals surface area contributed by atoms with Gasteiger partial charge in [-0.2, -0.15) is 0 Å². The Hall–Kier alpha value is -0.770. The van der Waals surface area contributed by atoms with Crippen LogP contribution >= 0.6 is 0 Å². The standard InChI is InChI=1S/C13H26N2O2/c1-9-8-14-10(2)7-11(9)15(6)12(16)17-13(3,4)5/h9-11,14H,7-8H2,1-6H3. The molecule has 0 aromatic heterocycles. The van der Waals surface area contributed by atoms with E-state index in [1.165, 1.54) is 0 Å². The zero-order valence-electron chi connectivity index (χ0n) is 11.9. The van der Waals surface area contributed by atoms with E-state index in [9.17, 15) is 4.79 Å². The van der Waals surface area contributed by atoms with Crippen LogP contribution in [0.1, 0.15) is 41.0 Å². The SMILES string of the molecule is CC1CC(N(C)C(=O)OC(C)(C)C)C(C)CN1. The van der Waals surface area contributed by atoms with Gasteiger partial charge < -0.3 is 15.0 Å². The molecule has 1 rings (SSSR count). The highest BCUT2D eigenvalue weighted by Crippen LogP contribution is 2.21. The maximum Gasteiger partial charge on any atom is 0.410 e. The molecule has 1 aliphatic heterocycles. The maximum absolute atomic E-state index is 12.0. The van der Waals surface area contributed by atoms with Crippen molar-refractivity contribution < 1.29 is 9.53 Å². The third-order valence-corrected chi connectivity index (χ3v) is 3.22. The summed E-state index contributed by atoms with van der Waals surface area (Å²) in [5.41, 5.74) is -0.423. The van der Waals surface area contributed by atoms with E-state index >= 15 is 0 Å². The van der Waals surface area contributed by atoms with Gasteiger partial charge in [0.25, 0.3) is 0 Å². The molecule has 100 valence electrons. The fourth-order valence-corrected chi connectivity index (χ4v) is 2.21. The van der Waals surface area contributed by atoms with Gasteiger partial charge in [-0.05, 0) is 46.6 Å². The average molecular weight is 242 g/mol. The number of amides is 1. The highest BCUT2D eigenvalue weighted by atomic mass is 16.6. The molecule has 3 unspecified atom stereocenters. The molecule has 0 saturated carbocycles. The number of carbonyl (C=O) groups is 1. The van der Waals surface area contributed by atoms with Crippen molar-refractivity contribution >= 4 is 6.09 Å². The van der Waals surface area contributed by atoms with E-state index in [0.29, 0.717) is 12.0 Å². The minimum Gasteiger partial charge on any atom is -0.444 e. The molecule has 1 N–H and O–H groups in total. The molecule has 0 aromatic rings. The number of carbonyl (C=O) groups excluding carboxylic acids is 1. The summed E-state index contributed by atoms with van der Waals surface area (Å²) in [5.74, 6) is 0.462. The van der Waals surface area contributed by atoms with Gasteiger partial charge in [0.15, 0.2) is 0 Å². The fourth-order valence-electron chi connectivity index (χ4n) is 2.21. The summed E-state index contributed by atoms with van der Waals surface area (Å²) in [4.78, 5) is 13.8. The van der Waals surface area contributed by atoms with Gasteiger partial charge >= 0.3 is 6.09 Å². The lowest BCUT2D eigenvalue weighted by Crippen LogP contribution is -2.53. The number of hydrogen-bond acceptors (Lipinski definition) is 3. The molecule has 4 nitrogen and oxygen atoms in total. The highest BCUT2D eigenvalue weighted by Gasteiger charge is 2.32. The van der Waals surface area contributed by atoms with E-state index in [1.807, 2.05) is 27.8 Å². The Morgan fingerprint density at radius 2 is 1.94 bits per heavy atom. The van der Waals surface area contributed by atoms with Gasteiger partial charge in [0.1, 0.15) is 5.60 Å². The van der Waals surface area contributed by atoms with Crippen LogP contribution in [-0.4, -0.2) is 42.3 Å². The Labute approximate surface area is 105 Å². The quantitative estimate of drug-likeness (QED) is 0.766. The first-order chi connectivity index (χ1) is 7.70. The molecule has 1 fully saturated rings. The molecule has 1 aliphatic rings. The summed E-state index contributed by atoms with van der Waals surface area (Å²) in [6.45, 7) is 11.0. The second kappa shape index (κ2) is 5.25. The fraction of sp³-hybridized carbons (Fsp3) is 0.923. The number of hydrogen-bond donors (Lipinski definition) is 1. The number of ether oxygens (including phenoxy) is 1. The lowest BCUT2D eigenvalue weighted by atomic mass is 9.90. The molecule has 1 heterocycles. The van der Waals surface area contributed by atoms with Gasteiger partial charge in [0.05, 0.1) is 0 Å². The second-order valence-electron chi connectivity index (χ2n) is 6.18. The summed E-state index contributed by atoms with van der Waals surface area (Å²) in [5, 5.41) is 3.42. The molecule has 3 atom stereocenters. The first-order valence-corrected chi connectivity index (χ1v) is 6.40. The molecule has 0 aromatic carbocycles. The zero-order valence-corrected chi connectivity index (χ0v) is 11.9. The van der Waals surface area contributed by atoms with E-state index in [4.69, 9.17) is 4.74 Å². The first-order valence-electron chi connectivity index (χ1n) is 6.40. The summed E-state index contributed by atoms with van der Waals surface area (Å²) in [6, 6.07) is 0.724. The predicted octanol–water partition coefficient (Wildman–Crippen LogP) is 2.24. The van der Waals surface area contributed by atoms with Crippen LogP contribution in [0.5, 0.6) is 0 Å². The van der Waals surface area contributed by atoms with Crippen molar-refractivity contribution in [3.63, 3.8) is 0 Å². The smallest absolute Gasteiger partial charge is 0.410 e. The molecule has 0 bridgehead atoms. The lowest BCUT2D eigenvalue weighted by Gasteiger charge is -2.39. The Bertz CT molecular complexity index is 273. The van der Waals surface area contributed by atoms with Gasteiger partial charge in [-0.25, -0.2) is 4.79 Å². The number of nitrogens with one attached hydrogen (secondary N) is 1. The number of piperidine rings is 1. The van der Waals surface area contributed by atoms with E-state index < -0.39 is 5.60 Å². The Balaban J connectivity index is 2.61. The van der Waals surface area contributed by atoms with Crippen LogP contribution in [0.2, 0.25) is 0 Å². The average Bonchev–Trinajstić information content (AvgIpc) is 2.18. The first kappa shape index (κ1) is 14.3. The van der Waals surface area contributed by atoms with E-state index in [0.717, 1.165) is 13.0 Å². The maximum atomic E-state index is 12.0.